The summed E-state index contributed by atoms with van der Waals surface area (Å²) in [5.74, 6) is -1.18. The highest BCUT2D eigenvalue weighted by atomic mass is 16.4. The monoisotopic (exact) mass is 298 g/mol. The lowest BCUT2D eigenvalue weighted by molar-refractivity contribution is -0.144. The van der Waals surface area contributed by atoms with Crippen LogP contribution in [-0.4, -0.2) is 22.3 Å². The summed E-state index contributed by atoms with van der Waals surface area (Å²) < 4.78 is 0. The predicted molar refractivity (Wildman–Crippen MR) is 88.5 cm³/mol. The largest absolute Gasteiger partial charge is 0.479 e. The van der Waals surface area contributed by atoms with Crippen LogP contribution in [0, 0.1) is 0 Å². The Morgan fingerprint density at radius 2 is 1.29 bits per heavy atom. The van der Waals surface area contributed by atoms with Gasteiger partial charge < -0.3 is 10.2 Å². The van der Waals surface area contributed by atoms with Crippen LogP contribution >= 0.6 is 0 Å². The molecule has 0 unspecified atom stereocenters. The smallest absolute Gasteiger partial charge is 0.336 e. The number of allylic oxidation sites excluding steroid dienone is 1. The molecule has 0 aliphatic rings. The second-order valence-corrected chi connectivity index (χ2v) is 5.89. The Morgan fingerprint density at radius 1 is 0.857 bits per heavy atom. The average molecular weight is 298 g/mol. The topological polar surface area (TPSA) is 57.5 Å². The van der Waals surface area contributed by atoms with Gasteiger partial charge in [-0.3, -0.25) is 0 Å². The van der Waals surface area contributed by atoms with Gasteiger partial charge in [0, 0.05) is 0 Å². The molecule has 124 valence electrons. The average Bonchev–Trinajstić information content (AvgIpc) is 2.47. The summed E-state index contributed by atoms with van der Waals surface area (Å²) in [5, 5.41) is 17.5. The van der Waals surface area contributed by atoms with Crippen LogP contribution in [0.15, 0.2) is 12.2 Å². The Balaban J connectivity index is 3.14. The van der Waals surface area contributed by atoms with E-state index in [2.05, 4.69) is 6.92 Å². The number of hydrogen-bond acceptors (Lipinski definition) is 2. The Hall–Kier alpha value is -0.830. The predicted octanol–water partition coefficient (Wildman–Crippen LogP) is 5.08. The summed E-state index contributed by atoms with van der Waals surface area (Å²) in [6.07, 6.45) is 18.5. The molecule has 0 aromatic carbocycles. The summed E-state index contributed by atoms with van der Waals surface area (Å²) in [4.78, 5) is 10.4. The quantitative estimate of drug-likeness (QED) is 0.327. The molecule has 0 spiro atoms. The van der Waals surface area contributed by atoms with Gasteiger partial charge in [0.15, 0.2) is 6.10 Å². The second-order valence-electron chi connectivity index (χ2n) is 5.89. The van der Waals surface area contributed by atoms with E-state index >= 15 is 0 Å². The highest BCUT2D eigenvalue weighted by Crippen LogP contribution is 2.12. The lowest BCUT2D eigenvalue weighted by atomic mass is 10.0. The molecule has 3 heteroatoms. The highest BCUT2D eigenvalue weighted by Gasteiger charge is 2.06. The Bertz CT molecular complexity index is 261. The van der Waals surface area contributed by atoms with E-state index in [1.165, 1.54) is 76.7 Å². The zero-order chi connectivity index (χ0) is 15.8. The van der Waals surface area contributed by atoms with Crippen molar-refractivity contribution < 1.29 is 15.0 Å². The minimum Gasteiger partial charge on any atom is -0.479 e. The van der Waals surface area contributed by atoms with Crippen LogP contribution < -0.4 is 0 Å². The number of aliphatic carboxylic acids is 1. The van der Waals surface area contributed by atoms with E-state index < -0.39 is 12.1 Å². The van der Waals surface area contributed by atoms with E-state index in [1.54, 1.807) is 6.08 Å². The van der Waals surface area contributed by atoms with E-state index in [-0.39, 0.29) is 0 Å². The van der Waals surface area contributed by atoms with Gasteiger partial charge in [0.25, 0.3) is 0 Å². The van der Waals surface area contributed by atoms with Gasteiger partial charge in [0.05, 0.1) is 0 Å². The maximum Gasteiger partial charge on any atom is 0.336 e. The first kappa shape index (κ1) is 20.2. The van der Waals surface area contributed by atoms with Crippen LogP contribution in [0.1, 0.15) is 90.4 Å². The molecule has 0 aromatic heterocycles. The number of aliphatic hydroxyl groups is 1. The van der Waals surface area contributed by atoms with Crippen LogP contribution in [0.2, 0.25) is 0 Å². The van der Waals surface area contributed by atoms with Crippen molar-refractivity contribution >= 4 is 5.97 Å². The maximum atomic E-state index is 10.4. The zero-order valence-corrected chi connectivity index (χ0v) is 13.7. The Kier molecular flexibility index (Phi) is 14.9. The van der Waals surface area contributed by atoms with Crippen molar-refractivity contribution in [1.82, 2.24) is 0 Å². The van der Waals surface area contributed by atoms with Crippen molar-refractivity contribution in [3.63, 3.8) is 0 Å². The molecule has 2 N–H and O–H groups in total. The van der Waals surface area contributed by atoms with Crippen molar-refractivity contribution in [1.29, 1.82) is 0 Å². The molecule has 0 saturated heterocycles. The standard InChI is InChI=1S/C18H34O3/c1-2-3-4-5-6-7-8-9-10-11-12-13-14-15-16-17(19)18(20)21/h15-17,19H,2-14H2,1H3,(H,20,21)/b16-15-/t17-/m1/s1. The molecule has 0 aromatic rings. The van der Waals surface area contributed by atoms with Gasteiger partial charge in [0.1, 0.15) is 0 Å². The number of hydrogen-bond donors (Lipinski definition) is 2. The molecule has 0 saturated carbocycles. The van der Waals surface area contributed by atoms with Gasteiger partial charge in [-0.2, -0.15) is 0 Å². The third kappa shape index (κ3) is 15.4. The molecule has 0 aliphatic heterocycles. The number of aliphatic hydroxyl groups excluding tert-OH is 1. The van der Waals surface area contributed by atoms with Gasteiger partial charge in [-0.1, -0.05) is 83.6 Å². The molecule has 21 heavy (non-hydrogen) atoms. The maximum absolute atomic E-state index is 10.4. The summed E-state index contributed by atoms with van der Waals surface area (Å²) in [5.41, 5.74) is 0. The van der Waals surface area contributed by atoms with Gasteiger partial charge in [-0.05, 0) is 18.9 Å². The second kappa shape index (κ2) is 15.6. The lowest BCUT2D eigenvalue weighted by Gasteiger charge is -2.02. The van der Waals surface area contributed by atoms with Crippen LogP contribution in [0.3, 0.4) is 0 Å². The molecule has 0 rings (SSSR count). The molecule has 3 nitrogen and oxygen atoms in total. The van der Waals surface area contributed by atoms with E-state index in [1.807, 2.05) is 0 Å². The van der Waals surface area contributed by atoms with E-state index in [0.717, 1.165) is 12.8 Å². The van der Waals surface area contributed by atoms with Crippen molar-refractivity contribution in [2.24, 2.45) is 0 Å². The van der Waals surface area contributed by atoms with Crippen LogP contribution in [0.4, 0.5) is 0 Å². The molecule has 0 radical (unpaired) electrons. The minimum atomic E-state index is -1.35. The van der Waals surface area contributed by atoms with Gasteiger partial charge in [-0.15, -0.1) is 0 Å². The normalized spacial score (nSPS) is 12.9. The molecule has 0 heterocycles. The van der Waals surface area contributed by atoms with E-state index in [4.69, 9.17) is 10.2 Å². The molecule has 0 amide bonds. The van der Waals surface area contributed by atoms with E-state index in [9.17, 15) is 4.79 Å². The number of unbranched alkanes of at least 4 members (excludes halogenated alkanes) is 12. The van der Waals surface area contributed by atoms with Crippen molar-refractivity contribution in [2.75, 3.05) is 0 Å². The first-order chi connectivity index (χ1) is 10.2. The third-order valence-corrected chi connectivity index (χ3v) is 3.80. The molecule has 0 aliphatic carbocycles. The van der Waals surface area contributed by atoms with Crippen molar-refractivity contribution in [3.05, 3.63) is 12.2 Å². The van der Waals surface area contributed by atoms with E-state index in [0.29, 0.717) is 0 Å². The van der Waals surface area contributed by atoms with Crippen molar-refractivity contribution in [2.45, 2.75) is 96.5 Å². The fraction of sp³-hybridized carbons (Fsp3) is 0.833. The fourth-order valence-corrected chi connectivity index (χ4v) is 2.41. The number of carboxylic acids is 1. The summed E-state index contributed by atoms with van der Waals surface area (Å²) in [6, 6.07) is 0. The van der Waals surface area contributed by atoms with Crippen LogP contribution in [-0.2, 0) is 4.79 Å². The first-order valence-electron chi connectivity index (χ1n) is 8.76. The van der Waals surface area contributed by atoms with Crippen LogP contribution in [0.25, 0.3) is 0 Å². The molecule has 1 atom stereocenters. The summed E-state index contributed by atoms with van der Waals surface area (Å²) in [7, 11) is 0. The summed E-state index contributed by atoms with van der Waals surface area (Å²) >= 11 is 0. The number of carboxylic acid groups (broad SMARTS) is 1. The first-order valence-corrected chi connectivity index (χ1v) is 8.76. The molecule has 0 bridgehead atoms. The Labute approximate surface area is 130 Å². The number of carbonyl (C=O) groups is 1. The molecular formula is C18H34O3. The zero-order valence-electron chi connectivity index (χ0n) is 13.7. The van der Waals surface area contributed by atoms with Crippen molar-refractivity contribution in [3.8, 4) is 0 Å². The SMILES string of the molecule is CCCCCCCCCCCCCC/C=C\[C@@H](O)C(=O)O. The number of rotatable bonds is 15. The molecular weight excluding hydrogens is 264 g/mol. The fourth-order valence-electron chi connectivity index (χ4n) is 2.41. The van der Waals surface area contributed by atoms with Gasteiger partial charge in [-0.25, -0.2) is 4.79 Å². The molecule has 0 fully saturated rings. The lowest BCUT2D eigenvalue weighted by Crippen LogP contribution is -2.15. The minimum absolute atomic E-state index is 0.863. The summed E-state index contributed by atoms with van der Waals surface area (Å²) in [6.45, 7) is 2.25. The third-order valence-electron chi connectivity index (χ3n) is 3.80. The van der Waals surface area contributed by atoms with Gasteiger partial charge in [0.2, 0.25) is 0 Å². The van der Waals surface area contributed by atoms with Crippen LogP contribution in [0.5, 0.6) is 0 Å². The van der Waals surface area contributed by atoms with Gasteiger partial charge >= 0.3 is 5.97 Å². The highest BCUT2D eigenvalue weighted by molar-refractivity contribution is 5.74. The Morgan fingerprint density at radius 3 is 1.71 bits per heavy atom.